The molecule has 0 heterocycles. The number of unbranched alkanes of at least 4 members (excludes halogenated alkanes) is 1. The van der Waals surface area contributed by atoms with E-state index in [4.69, 9.17) is 0 Å². The molecule has 0 spiro atoms. The van der Waals surface area contributed by atoms with Gasteiger partial charge in [-0.2, -0.15) is 0 Å². The number of hydrogen-bond donors (Lipinski definition) is 1. The van der Waals surface area contributed by atoms with E-state index in [1.807, 2.05) is 0 Å². The van der Waals surface area contributed by atoms with Crippen molar-refractivity contribution in [1.29, 1.82) is 0 Å². The first kappa shape index (κ1) is 13.0. The first-order chi connectivity index (χ1) is 6.26. The maximum atomic E-state index is 3.59. The van der Waals surface area contributed by atoms with Gasteiger partial charge in [0.1, 0.15) is 0 Å². The van der Waals surface area contributed by atoms with Gasteiger partial charge in [0.05, 0.1) is 0 Å². The van der Waals surface area contributed by atoms with Crippen LogP contribution < -0.4 is 5.32 Å². The average molecular weight is 185 g/mol. The Morgan fingerprint density at radius 3 is 2.15 bits per heavy atom. The van der Waals surface area contributed by atoms with E-state index in [1.54, 1.807) is 0 Å². The fourth-order valence-corrected chi connectivity index (χ4v) is 1.89. The summed E-state index contributed by atoms with van der Waals surface area (Å²) < 4.78 is 0. The normalized spacial score (nSPS) is 15.7. The lowest BCUT2D eigenvalue weighted by Crippen LogP contribution is -2.34. The molecule has 0 aromatic carbocycles. The zero-order valence-electron chi connectivity index (χ0n) is 9.90. The Morgan fingerprint density at radius 2 is 1.69 bits per heavy atom. The third-order valence-electron chi connectivity index (χ3n) is 2.77. The van der Waals surface area contributed by atoms with Crippen LogP contribution in [0.2, 0.25) is 0 Å². The first-order valence-electron chi connectivity index (χ1n) is 5.99. The minimum atomic E-state index is 0.751. The van der Waals surface area contributed by atoms with E-state index in [0.717, 1.165) is 18.5 Å². The highest BCUT2D eigenvalue weighted by molar-refractivity contribution is 4.72. The molecule has 0 bridgehead atoms. The summed E-state index contributed by atoms with van der Waals surface area (Å²) in [6.07, 6.45) is 6.73. The maximum absolute atomic E-state index is 3.59. The predicted molar refractivity (Wildman–Crippen MR) is 61.1 cm³/mol. The summed E-state index contributed by atoms with van der Waals surface area (Å²) in [4.78, 5) is 0. The zero-order chi connectivity index (χ0) is 10.1. The Balaban J connectivity index is 3.72. The van der Waals surface area contributed by atoms with E-state index in [1.165, 1.54) is 32.1 Å². The van der Waals surface area contributed by atoms with Crippen molar-refractivity contribution in [1.82, 2.24) is 5.32 Å². The highest BCUT2D eigenvalue weighted by Gasteiger charge is 2.13. The Bertz CT molecular complexity index is 95.3. The Labute approximate surface area is 84.3 Å². The molecule has 1 nitrogen and oxygen atoms in total. The van der Waals surface area contributed by atoms with Crippen LogP contribution in [0.25, 0.3) is 0 Å². The summed E-state index contributed by atoms with van der Waals surface area (Å²) in [6, 6.07) is 0.751. The van der Waals surface area contributed by atoms with Gasteiger partial charge in [0, 0.05) is 6.04 Å². The van der Waals surface area contributed by atoms with Crippen molar-refractivity contribution in [2.75, 3.05) is 6.54 Å². The van der Waals surface area contributed by atoms with E-state index in [-0.39, 0.29) is 0 Å². The summed E-state index contributed by atoms with van der Waals surface area (Å²) in [5.41, 5.74) is 0. The van der Waals surface area contributed by atoms with Crippen LogP contribution in [0.4, 0.5) is 0 Å². The molecule has 0 aliphatic heterocycles. The molecule has 0 amide bonds. The van der Waals surface area contributed by atoms with Crippen LogP contribution in [0.15, 0.2) is 0 Å². The smallest absolute Gasteiger partial charge is 0.00924 e. The molecule has 80 valence electrons. The van der Waals surface area contributed by atoms with Gasteiger partial charge in [-0.3, -0.25) is 0 Å². The van der Waals surface area contributed by atoms with Crippen molar-refractivity contribution in [2.45, 2.75) is 65.8 Å². The van der Waals surface area contributed by atoms with Crippen molar-refractivity contribution >= 4 is 0 Å². The minimum Gasteiger partial charge on any atom is -0.314 e. The Kier molecular flexibility index (Phi) is 8.53. The van der Waals surface area contributed by atoms with Crippen LogP contribution in [0.5, 0.6) is 0 Å². The Morgan fingerprint density at radius 1 is 1.00 bits per heavy atom. The van der Waals surface area contributed by atoms with Crippen LogP contribution in [-0.2, 0) is 0 Å². The lowest BCUT2D eigenvalue weighted by molar-refractivity contribution is 0.335. The Hall–Kier alpha value is -0.0400. The number of hydrogen-bond acceptors (Lipinski definition) is 1. The van der Waals surface area contributed by atoms with Crippen LogP contribution in [-0.4, -0.2) is 12.6 Å². The van der Waals surface area contributed by atoms with Gasteiger partial charge < -0.3 is 5.32 Å². The molecule has 0 saturated heterocycles. The molecule has 0 radical (unpaired) electrons. The van der Waals surface area contributed by atoms with Crippen LogP contribution in [0, 0.1) is 5.92 Å². The van der Waals surface area contributed by atoms with Crippen molar-refractivity contribution in [3.05, 3.63) is 0 Å². The van der Waals surface area contributed by atoms with Gasteiger partial charge >= 0.3 is 0 Å². The molecule has 0 rings (SSSR count). The predicted octanol–water partition coefficient (Wildman–Crippen LogP) is 3.59. The number of nitrogens with one attached hydrogen (secondary N) is 1. The molecule has 1 unspecified atom stereocenters. The fourth-order valence-electron chi connectivity index (χ4n) is 1.89. The fraction of sp³-hybridized carbons (Fsp3) is 1.00. The van der Waals surface area contributed by atoms with E-state index in [0.29, 0.717) is 0 Å². The second kappa shape index (κ2) is 8.55. The third-order valence-corrected chi connectivity index (χ3v) is 2.77. The molecule has 0 aliphatic rings. The highest BCUT2D eigenvalue weighted by atomic mass is 14.9. The van der Waals surface area contributed by atoms with E-state index < -0.39 is 0 Å². The van der Waals surface area contributed by atoms with Crippen molar-refractivity contribution < 1.29 is 0 Å². The molecule has 0 aliphatic carbocycles. The lowest BCUT2D eigenvalue weighted by Gasteiger charge is -2.24. The van der Waals surface area contributed by atoms with E-state index >= 15 is 0 Å². The summed E-state index contributed by atoms with van der Waals surface area (Å²) in [7, 11) is 0. The molecule has 1 heteroatoms. The monoisotopic (exact) mass is 185 g/mol. The van der Waals surface area contributed by atoms with E-state index in [9.17, 15) is 0 Å². The number of rotatable bonds is 8. The molecule has 0 fully saturated rings. The maximum Gasteiger partial charge on any atom is 0.00924 e. The summed E-state index contributed by atoms with van der Waals surface area (Å²) in [5, 5.41) is 3.59. The quantitative estimate of drug-likeness (QED) is 0.609. The van der Waals surface area contributed by atoms with Gasteiger partial charge in [-0.15, -0.1) is 0 Å². The van der Waals surface area contributed by atoms with Gasteiger partial charge in [0.25, 0.3) is 0 Å². The van der Waals surface area contributed by atoms with Crippen molar-refractivity contribution in [3.63, 3.8) is 0 Å². The molecular formula is C12H27N. The van der Waals surface area contributed by atoms with Crippen molar-refractivity contribution in [2.24, 2.45) is 5.92 Å². The standard InChI is InChI=1S/C12H27N/c1-5-8-10-11(4)12(9-6-2)13-7-3/h11-13H,5-10H2,1-4H3/t11?,12-/m0/s1. The van der Waals surface area contributed by atoms with Gasteiger partial charge in [0.2, 0.25) is 0 Å². The molecule has 13 heavy (non-hydrogen) atoms. The molecule has 0 saturated carbocycles. The van der Waals surface area contributed by atoms with E-state index in [2.05, 4.69) is 33.0 Å². The first-order valence-corrected chi connectivity index (χ1v) is 5.99. The van der Waals surface area contributed by atoms with Gasteiger partial charge in [0.15, 0.2) is 0 Å². The molecule has 1 N–H and O–H groups in total. The van der Waals surface area contributed by atoms with Crippen molar-refractivity contribution in [3.8, 4) is 0 Å². The second-order valence-corrected chi connectivity index (χ2v) is 4.07. The average Bonchev–Trinajstić information content (AvgIpc) is 2.14. The molecular weight excluding hydrogens is 158 g/mol. The zero-order valence-corrected chi connectivity index (χ0v) is 9.90. The SMILES string of the molecule is CCCCC(C)[C@H](CCC)NCC. The largest absolute Gasteiger partial charge is 0.314 e. The highest BCUT2D eigenvalue weighted by Crippen LogP contribution is 2.15. The van der Waals surface area contributed by atoms with Crippen LogP contribution in [0.1, 0.15) is 59.8 Å². The second-order valence-electron chi connectivity index (χ2n) is 4.07. The third kappa shape index (κ3) is 6.09. The molecule has 0 aromatic heterocycles. The van der Waals surface area contributed by atoms with Crippen LogP contribution in [0.3, 0.4) is 0 Å². The minimum absolute atomic E-state index is 0.751. The van der Waals surface area contributed by atoms with Gasteiger partial charge in [-0.05, 0) is 25.3 Å². The summed E-state index contributed by atoms with van der Waals surface area (Å²) in [5.74, 6) is 0.847. The van der Waals surface area contributed by atoms with Crippen LogP contribution >= 0.6 is 0 Å². The topological polar surface area (TPSA) is 12.0 Å². The van der Waals surface area contributed by atoms with Gasteiger partial charge in [-0.1, -0.05) is 47.0 Å². The summed E-state index contributed by atoms with van der Waals surface area (Å²) in [6.45, 7) is 10.3. The molecule has 0 aromatic rings. The lowest BCUT2D eigenvalue weighted by atomic mass is 9.92. The van der Waals surface area contributed by atoms with Gasteiger partial charge in [-0.25, -0.2) is 0 Å². The summed E-state index contributed by atoms with van der Waals surface area (Å²) >= 11 is 0. The molecule has 2 atom stereocenters.